The van der Waals surface area contributed by atoms with E-state index in [-0.39, 0.29) is 36.3 Å². The lowest BCUT2D eigenvalue weighted by Crippen LogP contribution is -2.38. The lowest BCUT2D eigenvalue weighted by Gasteiger charge is -2.25. The third kappa shape index (κ3) is 5.28. The van der Waals surface area contributed by atoms with Crippen molar-refractivity contribution in [3.05, 3.63) is 82.1 Å². The molecule has 1 atom stereocenters. The van der Waals surface area contributed by atoms with Crippen molar-refractivity contribution in [1.29, 1.82) is 0 Å². The van der Waals surface area contributed by atoms with Crippen LogP contribution in [0.5, 0.6) is 0 Å². The highest BCUT2D eigenvalue weighted by Gasteiger charge is 2.31. The normalized spacial score (nSPS) is 17.5. The number of rotatable bonds is 5. The predicted molar refractivity (Wildman–Crippen MR) is 144 cm³/mol. The summed E-state index contributed by atoms with van der Waals surface area (Å²) in [6.45, 7) is 6.62. The number of carbonyl (C=O) groups is 2. The van der Waals surface area contributed by atoms with Gasteiger partial charge in [-0.2, -0.15) is 4.68 Å². The molecule has 3 heterocycles. The van der Waals surface area contributed by atoms with E-state index in [0.29, 0.717) is 25.5 Å². The van der Waals surface area contributed by atoms with Crippen LogP contribution in [0.2, 0.25) is 0 Å². The second kappa shape index (κ2) is 10.6. The van der Waals surface area contributed by atoms with E-state index in [4.69, 9.17) is 0 Å². The van der Waals surface area contributed by atoms with Crippen LogP contribution in [0.1, 0.15) is 37.3 Å². The molecular formula is C29H33N5O3. The molecule has 0 unspecified atom stereocenters. The first kappa shape index (κ1) is 24.7. The van der Waals surface area contributed by atoms with E-state index >= 15 is 0 Å². The molecule has 2 aromatic carbocycles. The van der Waals surface area contributed by atoms with Gasteiger partial charge in [0, 0.05) is 56.8 Å². The van der Waals surface area contributed by atoms with E-state index < -0.39 is 0 Å². The number of hydrogen-bond acceptors (Lipinski definition) is 5. The number of benzene rings is 2. The van der Waals surface area contributed by atoms with Crippen molar-refractivity contribution in [3.8, 4) is 5.69 Å². The van der Waals surface area contributed by atoms with Gasteiger partial charge in [0.05, 0.1) is 5.69 Å². The number of nitrogens with zero attached hydrogens (tertiary/aromatic N) is 5. The Morgan fingerprint density at radius 2 is 1.65 bits per heavy atom. The fraction of sp³-hybridized carbons (Fsp3) is 0.379. The second-order valence-corrected chi connectivity index (χ2v) is 9.94. The van der Waals surface area contributed by atoms with E-state index in [1.54, 1.807) is 12.1 Å². The minimum absolute atomic E-state index is 0.00445. The van der Waals surface area contributed by atoms with Crippen molar-refractivity contribution in [2.45, 2.75) is 45.6 Å². The van der Waals surface area contributed by atoms with E-state index in [9.17, 15) is 14.4 Å². The number of para-hydroxylation sites is 1. The largest absolute Gasteiger partial charge is 0.353 e. The maximum Gasteiger partial charge on any atom is 0.271 e. The molecule has 192 valence electrons. The molecule has 1 fully saturated rings. The highest BCUT2D eigenvalue weighted by atomic mass is 16.2. The summed E-state index contributed by atoms with van der Waals surface area (Å²) in [5, 5.41) is 4.61. The SMILES string of the molecule is Cc1ccc(-n2nc(N3CCCN(C(=O)CCC(=O)N4c5ccccc5C[C@H]4C)CC3)ccc2=O)cc1. The summed E-state index contributed by atoms with van der Waals surface area (Å²) in [5.74, 6) is 0.726. The van der Waals surface area contributed by atoms with Crippen molar-refractivity contribution >= 4 is 23.3 Å². The molecule has 0 aliphatic carbocycles. The molecule has 37 heavy (non-hydrogen) atoms. The van der Waals surface area contributed by atoms with Gasteiger partial charge in [-0.15, -0.1) is 5.10 Å². The number of carbonyl (C=O) groups excluding carboxylic acids is 2. The van der Waals surface area contributed by atoms with Crippen LogP contribution in [0, 0.1) is 6.92 Å². The van der Waals surface area contributed by atoms with Gasteiger partial charge in [-0.25, -0.2) is 0 Å². The molecule has 0 radical (unpaired) electrons. The van der Waals surface area contributed by atoms with Gasteiger partial charge in [0.15, 0.2) is 0 Å². The fourth-order valence-electron chi connectivity index (χ4n) is 5.28. The summed E-state index contributed by atoms with van der Waals surface area (Å²) in [6.07, 6.45) is 2.06. The summed E-state index contributed by atoms with van der Waals surface area (Å²) in [7, 11) is 0. The molecule has 5 rings (SSSR count). The number of aryl methyl sites for hydroxylation is 1. The first-order valence-corrected chi connectivity index (χ1v) is 13.0. The Hall–Kier alpha value is -3.94. The average molecular weight is 500 g/mol. The van der Waals surface area contributed by atoms with Crippen LogP contribution in [-0.2, 0) is 16.0 Å². The van der Waals surface area contributed by atoms with Crippen LogP contribution in [-0.4, -0.2) is 58.7 Å². The summed E-state index contributed by atoms with van der Waals surface area (Å²) in [5.41, 5.74) is 3.82. The molecule has 8 nitrogen and oxygen atoms in total. The maximum atomic E-state index is 13.0. The zero-order valence-corrected chi connectivity index (χ0v) is 21.5. The van der Waals surface area contributed by atoms with E-state index in [0.717, 1.165) is 36.3 Å². The lowest BCUT2D eigenvalue weighted by atomic mass is 10.1. The molecule has 0 bridgehead atoms. The van der Waals surface area contributed by atoms with Gasteiger partial charge in [-0.3, -0.25) is 14.4 Å². The first-order valence-electron chi connectivity index (χ1n) is 13.0. The molecular weight excluding hydrogens is 466 g/mol. The standard InChI is InChI=1S/C29H33N5O3/c1-21-8-10-24(11-9-21)34-29(37)13-12-26(30-34)31-16-5-17-32(19-18-31)27(35)14-15-28(36)33-22(2)20-23-6-3-4-7-25(23)33/h3-4,6-13,22H,5,14-20H2,1-2H3/t22-/m1/s1. The van der Waals surface area contributed by atoms with E-state index in [1.165, 1.54) is 10.2 Å². The zero-order chi connectivity index (χ0) is 25.9. The van der Waals surface area contributed by atoms with Gasteiger partial charge in [0.2, 0.25) is 11.8 Å². The van der Waals surface area contributed by atoms with Crippen molar-refractivity contribution in [2.24, 2.45) is 0 Å². The highest BCUT2D eigenvalue weighted by Crippen LogP contribution is 2.32. The van der Waals surface area contributed by atoms with Gasteiger partial charge >= 0.3 is 0 Å². The van der Waals surface area contributed by atoms with Crippen LogP contribution in [0.4, 0.5) is 11.5 Å². The number of amides is 2. The third-order valence-electron chi connectivity index (χ3n) is 7.27. The Kier molecular flexibility index (Phi) is 7.08. The molecule has 2 amide bonds. The minimum atomic E-state index is -0.182. The van der Waals surface area contributed by atoms with Crippen molar-refractivity contribution in [1.82, 2.24) is 14.7 Å². The van der Waals surface area contributed by atoms with Crippen LogP contribution in [0.25, 0.3) is 5.69 Å². The topological polar surface area (TPSA) is 78.8 Å². The fourth-order valence-corrected chi connectivity index (χ4v) is 5.28. The lowest BCUT2D eigenvalue weighted by molar-refractivity contribution is -0.133. The molecule has 2 aliphatic heterocycles. The quantitative estimate of drug-likeness (QED) is 0.538. The molecule has 1 saturated heterocycles. The average Bonchev–Trinajstić information content (AvgIpc) is 3.06. The molecule has 0 spiro atoms. The number of aromatic nitrogens is 2. The zero-order valence-electron chi connectivity index (χ0n) is 21.5. The van der Waals surface area contributed by atoms with Gasteiger partial charge in [-0.1, -0.05) is 35.9 Å². The van der Waals surface area contributed by atoms with Crippen molar-refractivity contribution in [2.75, 3.05) is 36.0 Å². The predicted octanol–water partition coefficient (Wildman–Crippen LogP) is 3.34. The molecule has 1 aromatic heterocycles. The monoisotopic (exact) mass is 499 g/mol. The Morgan fingerprint density at radius 1 is 0.892 bits per heavy atom. The maximum absolute atomic E-state index is 13.0. The smallest absolute Gasteiger partial charge is 0.271 e. The van der Waals surface area contributed by atoms with Crippen LogP contribution in [0.3, 0.4) is 0 Å². The highest BCUT2D eigenvalue weighted by molar-refractivity contribution is 5.97. The first-order chi connectivity index (χ1) is 17.9. The minimum Gasteiger partial charge on any atom is -0.353 e. The summed E-state index contributed by atoms with van der Waals surface area (Å²) >= 11 is 0. The van der Waals surface area contributed by atoms with Crippen molar-refractivity contribution in [3.63, 3.8) is 0 Å². The third-order valence-corrected chi connectivity index (χ3v) is 7.27. The van der Waals surface area contributed by atoms with Gasteiger partial charge in [0.1, 0.15) is 5.82 Å². The number of anilines is 2. The van der Waals surface area contributed by atoms with E-state index in [2.05, 4.69) is 23.0 Å². The van der Waals surface area contributed by atoms with Crippen LogP contribution < -0.4 is 15.4 Å². The Balaban J connectivity index is 1.20. The Bertz CT molecular complexity index is 1350. The summed E-state index contributed by atoms with van der Waals surface area (Å²) in [4.78, 5) is 44.3. The number of fused-ring (bicyclic) bond motifs is 1. The summed E-state index contributed by atoms with van der Waals surface area (Å²) in [6, 6.07) is 19.1. The van der Waals surface area contributed by atoms with Crippen molar-refractivity contribution < 1.29 is 9.59 Å². The molecule has 3 aromatic rings. The van der Waals surface area contributed by atoms with Gasteiger partial charge in [0.25, 0.3) is 5.56 Å². The Labute approximate surface area is 217 Å². The molecule has 2 aliphatic rings. The number of hydrogen-bond donors (Lipinski definition) is 0. The molecule has 8 heteroatoms. The molecule has 0 N–H and O–H groups in total. The van der Waals surface area contributed by atoms with Gasteiger partial charge in [-0.05, 0) is 56.5 Å². The summed E-state index contributed by atoms with van der Waals surface area (Å²) < 4.78 is 1.42. The second-order valence-electron chi connectivity index (χ2n) is 9.94. The van der Waals surface area contributed by atoms with E-state index in [1.807, 2.05) is 59.2 Å². The van der Waals surface area contributed by atoms with Crippen LogP contribution in [0.15, 0.2) is 65.5 Å². The van der Waals surface area contributed by atoms with Gasteiger partial charge < -0.3 is 14.7 Å². The Morgan fingerprint density at radius 3 is 2.46 bits per heavy atom. The van der Waals surface area contributed by atoms with Crippen LogP contribution >= 0.6 is 0 Å². The molecule has 0 saturated carbocycles.